The number of hydrogen-bond acceptors (Lipinski definition) is 3. The first-order valence-corrected chi connectivity index (χ1v) is 15.4. The van der Waals surface area contributed by atoms with Crippen LogP contribution in [0.15, 0.2) is 62.7 Å². The topological polar surface area (TPSA) is 21.7 Å². The molecule has 0 aromatic heterocycles. The van der Waals surface area contributed by atoms with Crippen molar-refractivity contribution >= 4 is 65.6 Å². The number of fused-ring (bicyclic) bond motifs is 2. The van der Waals surface area contributed by atoms with Gasteiger partial charge in [-0.25, -0.2) is 0 Å². The van der Waals surface area contributed by atoms with E-state index in [1.54, 1.807) is 0 Å². The number of benzene rings is 5. The Bertz CT molecular complexity index is 1960. The van der Waals surface area contributed by atoms with E-state index in [9.17, 15) is 0 Å². The van der Waals surface area contributed by atoms with Gasteiger partial charge in [0.15, 0.2) is 0 Å². The lowest BCUT2D eigenvalue weighted by Gasteiger charge is -2.35. The predicted molar refractivity (Wildman–Crippen MR) is 184 cm³/mol. The minimum absolute atomic E-state index is 0.571. The van der Waals surface area contributed by atoms with Crippen LogP contribution in [-0.2, 0) is 0 Å². The number of rotatable bonds is 10. The molecule has 42 heavy (non-hydrogen) atoms. The van der Waals surface area contributed by atoms with Crippen LogP contribution in [0.25, 0.3) is 65.6 Å². The van der Waals surface area contributed by atoms with Crippen molar-refractivity contribution < 1.29 is 9.47 Å². The van der Waals surface area contributed by atoms with E-state index in [-0.39, 0.29) is 0 Å². The lowest BCUT2D eigenvalue weighted by molar-refractivity contribution is 0.344. The zero-order valence-electron chi connectivity index (χ0n) is 25.8. The van der Waals surface area contributed by atoms with Crippen LogP contribution in [-0.4, -0.2) is 24.7 Å². The average Bonchev–Trinajstić information content (AvgIpc) is 2.99. The highest BCUT2D eigenvalue weighted by Gasteiger charge is 2.30. The fourth-order valence-electron chi connectivity index (χ4n) is 7.08. The zero-order valence-corrected chi connectivity index (χ0v) is 25.8. The van der Waals surface area contributed by atoms with Crippen LogP contribution in [0.4, 0.5) is 0 Å². The quantitative estimate of drug-likeness (QED) is 0.126. The summed E-state index contributed by atoms with van der Waals surface area (Å²) in [5.41, 5.74) is 8.77. The third-order valence-electron chi connectivity index (χ3n) is 8.96. The van der Waals surface area contributed by atoms with Crippen LogP contribution in [0.3, 0.4) is 0 Å². The molecule has 0 amide bonds. The van der Waals surface area contributed by atoms with Gasteiger partial charge in [-0.3, -0.25) is 0 Å². The van der Waals surface area contributed by atoms with Crippen molar-refractivity contribution in [3.8, 4) is 11.5 Å². The molecule has 0 saturated carbocycles. The molecule has 0 atom stereocenters. The monoisotopic (exact) mass is 555 g/mol. The molecular formula is C39H41NO2. The summed E-state index contributed by atoms with van der Waals surface area (Å²) in [4.78, 5) is 2.20. The summed E-state index contributed by atoms with van der Waals surface area (Å²) in [6.07, 6.45) is 2.84. The van der Waals surface area contributed by atoms with Crippen molar-refractivity contribution in [2.75, 3.05) is 19.8 Å². The number of ether oxygens (including phenoxy) is 2. The van der Waals surface area contributed by atoms with E-state index in [1.807, 2.05) is 0 Å². The lowest BCUT2D eigenvalue weighted by atomic mass is 9.80. The summed E-state index contributed by atoms with van der Waals surface area (Å²) in [5, 5.41) is 9.36. The van der Waals surface area contributed by atoms with Crippen molar-refractivity contribution in [3.05, 3.63) is 85.0 Å². The van der Waals surface area contributed by atoms with Gasteiger partial charge in [-0.05, 0) is 84.2 Å². The van der Waals surface area contributed by atoms with E-state index in [1.165, 1.54) is 27.1 Å². The van der Waals surface area contributed by atoms with Gasteiger partial charge in [0.2, 0.25) is 0 Å². The third-order valence-corrected chi connectivity index (χ3v) is 8.96. The molecule has 0 N–H and O–H groups in total. The van der Waals surface area contributed by atoms with Crippen molar-refractivity contribution in [2.45, 2.75) is 53.9 Å². The molecule has 1 aliphatic heterocycles. The Morgan fingerprint density at radius 3 is 1.83 bits per heavy atom. The molecule has 0 bridgehead atoms. The molecule has 6 rings (SSSR count). The van der Waals surface area contributed by atoms with Gasteiger partial charge >= 0.3 is 0 Å². The molecule has 0 spiro atoms. The summed E-state index contributed by atoms with van der Waals surface area (Å²) in [6, 6.07) is 13.4. The van der Waals surface area contributed by atoms with Gasteiger partial charge in [0.25, 0.3) is 0 Å². The maximum Gasteiger partial charge on any atom is 0.128 e. The van der Waals surface area contributed by atoms with E-state index in [0.717, 1.165) is 98.1 Å². The normalized spacial score (nSPS) is 13.2. The molecule has 0 saturated heterocycles. The van der Waals surface area contributed by atoms with Crippen LogP contribution >= 0.6 is 0 Å². The standard InChI is InChI=1S/C39H41NO2/c1-10-15-23(7)26-16-18-28-37-33(42-14-5)21-31-25(9)40(12-3)24(8)27-17-19-29(39(37)35(27)31)36-32(41-13-4)20-30(22(6)11-2)34(26)38(28)36/h16-21H,6-15H2,1-5H3. The second-order valence-electron chi connectivity index (χ2n) is 11.2. The first-order chi connectivity index (χ1) is 20.3. The van der Waals surface area contributed by atoms with Gasteiger partial charge in [0, 0.05) is 56.0 Å². The van der Waals surface area contributed by atoms with E-state index < -0.39 is 0 Å². The fourth-order valence-corrected chi connectivity index (χ4v) is 7.08. The number of nitrogens with zero attached hydrogens (tertiary/aromatic N) is 1. The molecule has 0 unspecified atom stereocenters. The van der Waals surface area contributed by atoms with E-state index >= 15 is 0 Å². The highest BCUT2D eigenvalue weighted by molar-refractivity contribution is 6.38. The largest absolute Gasteiger partial charge is 0.493 e. The Morgan fingerprint density at radius 2 is 1.24 bits per heavy atom. The molecule has 1 heterocycles. The van der Waals surface area contributed by atoms with E-state index in [2.05, 4.69) is 102 Å². The Balaban J connectivity index is 1.94. The molecule has 3 nitrogen and oxygen atoms in total. The van der Waals surface area contributed by atoms with Gasteiger partial charge in [0.1, 0.15) is 11.5 Å². The molecular weight excluding hydrogens is 514 g/mol. The minimum Gasteiger partial charge on any atom is -0.493 e. The molecule has 0 aliphatic carbocycles. The van der Waals surface area contributed by atoms with Crippen LogP contribution in [0.1, 0.15) is 76.1 Å². The highest BCUT2D eigenvalue weighted by Crippen LogP contribution is 2.54. The van der Waals surface area contributed by atoms with Crippen molar-refractivity contribution in [3.63, 3.8) is 0 Å². The SMILES string of the molecule is C=C(CC)c1cc(OCC)c2c3ccc4c5c(cc(OCC)c(c6ccc(C(=C)CCC)c1c62)c53)C(=C)N(CC)C4=C. The Hall–Kier alpha value is -4.24. The van der Waals surface area contributed by atoms with E-state index in [4.69, 9.17) is 9.47 Å². The summed E-state index contributed by atoms with van der Waals surface area (Å²) in [5.74, 6) is 1.77. The Morgan fingerprint density at radius 1 is 0.643 bits per heavy atom. The molecule has 0 radical (unpaired) electrons. The summed E-state index contributed by atoms with van der Waals surface area (Å²) in [6.45, 7) is 30.7. The third kappa shape index (κ3) is 3.79. The fraction of sp³-hybridized carbons (Fsp3) is 0.282. The first-order valence-electron chi connectivity index (χ1n) is 15.4. The number of allylic oxidation sites excluding steroid dienone is 2. The van der Waals surface area contributed by atoms with Gasteiger partial charge in [-0.2, -0.15) is 0 Å². The molecule has 3 heteroatoms. The lowest BCUT2D eigenvalue weighted by Crippen LogP contribution is -2.23. The summed E-state index contributed by atoms with van der Waals surface area (Å²) < 4.78 is 12.9. The first kappa shape index (κ1) is 27.9. The van der Waals surface area contributed by atoms with Gasteiger partial charge in [-0.1, -0.05) is 70.8 Å². The van der Waals surface area contributed by atoms with Gasteiger partial charge < -0.3 is 14.4 Å². The number of hydrogen-bond donors (Lipinski definition) is 0. The second kappa shape index (κ2) is 10.5. The molecule has 5 aromatic rings. The smallest absolute Gasteiger partial charge is 0.128 e. The van der Waals surface area contributed by atoms with Crippen LogP contribution in [0.5, 0.6) is 11.5 Å². The highest BCUT2D eigenvalue weighted by atomic mass is 16.5. The van der Waals surface area contributed by atoms with Crippen molar-refractivity contribution in [1.82, 2.24) is 4.90 Å². The molecule has 0 fully saturated rings. The zero-order chi connectivity index (χ0) is 29.9. The van der Waals surface area contributed by atoms with Crippen LogP contribution in [0, 0.1) is 0 Å². The molecule has 1 aliphatic rings. The van der Waals surface area contributed by atoms with Gasteiger partial charge in [0.05, 0.1) is 13.2 Å². The summed E-state index contributed by atoms with van der Waals surface area (Å²) in [7, 11) is 0. The average molecular weight is 556 g/mol. The maximum absolute atomic E-state index is 6.47. The summed E-state index contributed by atoms with van der Waals surface area (Å²) >= 11 is 0. The van der Waals surface area contributed by atoms with Crippen molar-refractivity contribution in [1.29, 1.82) is 0 Å². The molecule has 5 aromatic carbocycles. The Labute approximate surface area is 249 Å². The molecule has 214 valence electrons. The maximum atomic E-state index is 6.47. The predicted octanol–water partition coefficient (Wildman–Crippen LogP) is 11.0. The van der Waals surface area contributed by atoms with Crippen LogP contribution in [0.2, 0.25) is 0 Å². The minimum atomic E-state index is 0.571. The van der Waals surface area contributed by atoms with Crippen LogP contribution < -0.4 is 9.47 Å². The van der Waals surface area contributed by atoms with Gasteiger partial charge in [-0.15, -0.1) is 0 Å². The van der Waals surface area contributed by atoms with E-state index in [0.29, 0.717) is 13.2 Å². The second-order valence-corrected chi connectivity index (χ2v) is 11.2. The Kier molecular flexibility index (Phi) is 7.01. The van der Waals surface area contributed by atoms with Crippen molar-refractivity contribution in [2.24, 2.45) is 0 Å².